The first kappa shape index (κ1) is 22.0. The summed E-state index contributed by atoms with van der Waals surface area (Å²) in [7, 11) is 0. The van der Waals surface area contributed by atoms with Crippen molar-refractivity contribution in [2.45, 2.75) is 52.5 Å². The summed E-state index contributed by atoms with van der Waals surface area (Å²) >= 11 is 0. The highest BCUT2D eigenvalue weighted by Crippen LogP contribution is 2.22. The molecule has 160 valence electrons. The molecular weight excluding hydrogens is 374 g/mol. The van der Waals surface area contributed by atoms with Gasteiger partial charge >= 0.3 is 0 Å². The molecule has 1 saturated heterocycles. The highest BCUT2D eigenvalue weighted by molar-refractivity contribution is 5.96. The van der Waals surface area contributed by atoms with Crippen molar-refractivity contribution in [1.29, 1.82) is 0 Å². The summed E-state index contributed by atoms with van der Waals surface area (Å²) < 4.78 is 0. The molecule has 0 spiro atoms. The fourth-order valence-corrected chi connectivity index (χ4v) is 4.37. The number of anilines is 1. The zero-order valence-corrected chi connectivity index (χ0v) is 18.3. The topological polar surface area (TPSA) is 61.4 Å². The molecule has 0 saturated carbocycles. The first-order chi connectivity index (χ1) is 14.4. The normalized spacial score (nSPS) is 16.8. The molecule has 0 aliphatic carbocycles. The van der Waals surface area contributed by atoms with Gasteiger partial charge in [0, 0.05) is 11.7 Å². The third-order valence-electron chi connectivity index (χ3n) is 5.80. The highest BCUT2D eigenvalue weighted by Gasteiger charge is 2.24. The van der Waals surface area contributed by atoms with Gasteiger partial charge in [-0.3, -0.25) is 14.5 Å². The predicted octanol–water partition coefficient (Wildman–Crippen LogP) is 3.76. The summed E-state index contributed by atoms with van der Waals surface area (Å²) in [5.41, 5.74) is 5.37. The largest absolute Gasteiger partial charge is 0.346 e. The van der Waals surface area contributed by atoms with Crippen molar-refractivity contribution in [3.05, 3.63) is 64.7 Å². The number of carbonyl (C=O) groups excluding carboxylic acids is 2. The van der Waals surface area contributed by atoms with E-state index in [1.807, 2.05) is 39.0 Å². The van der Waals surface area contributed by atoms with Crippen LogP contribution in [0.25, 0.3) is 0 Å². The zero-order valence-electron chi connectivity index (χ0n) is 18.3. The van der Waals surface area contributed by atoms with E-state index in [-0.39, 0.29) is 18.4 Å². The molecule has 1 aliphatic heterocycles. The fourth-order valence-electron chi connectivity index (χ4n) is 4.37. The maximum Gasteiger partial charge on any atom is 0.243 e. The van der Waals surface area contributed by atoms with Crippen molar-refractivity contribution in [3.8, 4) is 0 Å². The fraction of sp³-hybridized carbons (Fsp3) is 0.440. The van der Waals surface area contributed by atoms with E-state index in [1.54, 1.807) is 0 Å². The van der Waals surface area contributed by atoms with Crippen LogP contribution >= 0.6 is 0 Å². The lowest BCUT2D eigenvalue weighted by atomic mass is 9.95. The summed E-state index contributed by atoms with van der Waals surface area (Å²) in [6.45, 7) is 7.27. The minimum absolute atomic E-state index is 0.0111. The maximum absolute atomic E-state index is 12.5. The Kier molecular flexibility index (Phi) is 7.63. The Morgan fingerprint density at radius 2 is 1.70 bits per heavy atom. The van der Waals surface area contributed by atoms with Crippen molar-refractivity contribution in [1.82, 2.24) is 10.2 Å². The third-order valence-corrected chi connectivity index (χ3v) is 5.80. The van der Waals surface area contributed by atoms with Gasteiger partial charge in [-0.25, -0.2) is 0 Å². The van der Waals surface area contributed by atoms with Gasteiger partial charge in [-0.2, -0.15) is 0 Å². The molecule has 1 fully saturated rings. The number of rotatable bonds is 7. The van der Waals surface area contributed by atoms with Gasteiger partial charge in [0.05, 0.1) is 13.1 Å². The molecule has 1 aliphatic rings. The number of nitrogens with zero attached hydrogens (tertiary/aromatic N) is 1. The summed E-state index contributed by atoms with van der Waals surface area (Å²) in [4.78, 5) is 27.1. The average Bonchev–Trinajstić information content (AvgIpc) is 2.71. The van der Waals surface area contributed by atoms with E-state index in [4.69, 9.17) is 0 Å². The number of piperidine rings is 1. The molecular formula is C25H33N3O2. The SMILES string of the molecule is Cc1cc(C)c(NC(=O)CNC(=O)CN2CCCCC2Cc2ccccc2)c(C)c1. The molecule has 30 heavy (non-hydrogen) atoms. The second kappa shape index (κ2) is 10.4. The van der Waals surface area contributed by atoms with Gasteiger partial charge in [-0.15, -0.1) is 0 Å². The van der Waals surface area contributed by atoms with Crippen LogP contribution in [0, 0.1) is 20.8 Å². The second-order valence-electron chi connectivity index (χ2n) is 8.41. The minimum Gasteiger partial charge on any atom is -0.346 e. The van der Waals surface area contributed by atoms with Crippen molar-refractivity contribution in [2.75, 3.05) is 25.0 Å². The molecule has 0 radical (unpaired) electrons. The molecule has 1 unspecified atom stereocenters. The lowest BCUT2D eigenvalue weighted by Crippen LogP contribution is -2.47. The molecule has 1 atom stereocenters. The molecule has 2 aromatic carbocycles. The number of aryl methyl sites for hydroxylation is 3. The third kappa shape index (κ3) is 6.17. The quantitative estimate of drug-likeness (QED) is 0.735. The van der Waals surface area contributed by atoms with E-state index in [1.165, 1.54) is 17.5 Å². The number of hydrogen-bond acceptors (Lipinski definition) is 3. The van der Waals surface area contributed by atoms with Crippen LogP contribution in [-0.4, -0.2) is 42.4 Å². The monoisotopic (exact) mass is 407 g/mol. The predicted molar refractivity (Wildman–Crippen MR) is 122 cm³/mol. The van der Waals surface area contributed by atoms with Gasteiger partial charge in [0.1, 0.15) is 0 Å². The second-order valence-corrected chi connectivity index (χ2v) is 8.41. The zero-order chi connectivity index (χ0) is 21.5. The molecule has 2 aromatic rings. The minimum atomic E-state index is -0.196. The van der Waals surface area contributed by atoms with Gasteiger partial charge in [0.25, 0.3) is 0 Å². The summed E-state index contributed by atoms with van der Waals surface area (Å²) in [5, 5.41) is 5.73. The first-order valence-electron chi connectivity index (χ1n) is 10.8. The van der Waals surface area contributed by atoms with Crippen molar-refractivity contribution < 1.29 is 9.59 Å². The summed E-state index contributed by atoms with van der Waals surface area (Å²) in [6, 6.07) is 14.9. The van der Waals surface area contributed by atoms with Gasteiger partial charge in [-0.05, 0) is 63.3 Å². The summed E-state index contributed by atoms with van der Waals surface area (Å²) in [5.74, 6) is -0.291. The highest BCUT2D eigenvalue weighted by atomic mass is 16.2. The van der Waals surface area contributed by atoms with E-state index in [2.05, 4.69) is 39.8 Å². The Morgan fingerprint density at radius 3 is 2.40 bits per heavy atom. The number of amides is 2. The molecule has 3 rings (SSSR count). The lowest BCUT2D eigenvalue weighted by molar-refractivity contribution is -0.125. The lowest BCUT2D eigenvalue weighted by Gasteiger charge is -2.35. The van der Waals surface area contributed by atoms with Gasteiger partial charge in [0.15, 0.2) is 0 Å². The van der Waals surface area contributed by atoms with Gasteiger partial charge in [0.2, 0.25) is 11.8 Å². The van der Waals surface area contributed by atoms with Crippen molar-refractivity contribution in [3.63, 3.8) is 0 Å². The maximum atomic E-state index is 12.5. The molecule has 2 amide bonds. The molecule has 0 bridgehead atoms. The van der Waals surface area contributed by atoms with Crippen LogP contribution in [-0.2, 0) is 16.0 Å². The Hall–Kier alpha value is -2.66. The number of nitrogens with one attached hydrogen (secondary N) is 2. The van der Waals surface area contributed by atoms with E-state index in [0.29, 0.717) is 12.6 Å². The van der Waals surface area contributed by atoms with Crippen LogP contribution in [0.3, 0.4) is 0 Å². The van der Waals surface area contributed by atoms with E-state index in [9.17, 15) is 9.59 Å². The molecule has 0 aromatic heterocycles. The van der Waals surface area contributed by atoms with E-state index in [0.717, 1.165) is 42.6 Å². The van der Waals surface area contributed by atoms with Crippen molar-refractivity contribution in [2.24, 2.45) is 0 Å². The van der Waals surface area contributed by atoms with Gasteiger partial charge in [-0.1, -0.05) is 54.4 Å². The molecule has 5 heteroatoms. The van der Waals surface area contributed by atoms with Gasteiger partial charge < -0.3 is 10.6 Å². The van der Waals surface area contributed by atoms with Crippen LogP contribution in [0.1, 0.15) is 41.5 Å². The van der Waals surface area contributed by atoms with Crippen LogP contribution in [0.4, 0.5) is 5.69 Å². The van der Waals surface area contributed by atoms with Crippen LogP contribution in [0.15, 0.2) is 42.5 Å². The first-order valence-corrected chi connectivity index (χ1v) is 10.8. The van der Waals surface area contributed by atoms with E-state index < -0.39 is 0 Å². The Labute approximate surface area is 179 Å². The number of carbonyl (C=O) groups is 2. The van der Waals surface area contributed by atoms with Crippen LogP contribution in [0.5, 0.6) is 0 Å². The standard InChI is InChI=1S/C25H33N3O2/c1-18-13-19(2)25(20(3)14-18)27-23(29)16-26-24(30)17-28-12-8-7-11-22(28)15-21-9-5-4-6-10-21/h4-6,9-10,13-14,22H,7-8,11-12,15-17H2,1-3H3,(H,26,30)(H,27,29). The Bertz CT molecular complexity index is 856. The number of benzene rings is 2. The number of likely N-dealkylation sites (tertiary alicyclic amines) is 1. The molecule has 2 N–H and O–H groups in total. The smallest absolute Gasteiger partial charge is 0.243 e. The summed E-state index contributed by atoms with van der Waals surface area (Å²) in [6.07, 6.45) is 4.38. The average molecular weight is 408 g/mol. The molecule has 1 heterocycles. The Morgan fingerprint density at radius 1 is 1.00 bits per heavy atom. The Balaban J connectivity index is 1.50. The van der Waals surface area contributed by atoms with E-state index >= 15 is 0 Å². The molecule has 5 nitrogen and oxygen atoms in total. The van der Waals surface area contributed by atoms with Crippen LogP contribution in [0.2, 0.25) is 0 Å². The number of hydrogen-bond donors (Lipinski definition) is 2. The van der Waals surface area contributed by atoms with Crippen LogP contribution < -0.4 is 10.6 Å². The van der Waals surface area contributed by atoms with Crippen molar-refractivity contribution >= 4 is 17.5 Å².